The van der Waals surface area contributed by atoms with Gasteiger partial charge in [0.25, 0.3) is 11.8 Å². The summed E-state index contributed by atoms with van der Waals surface area (Å²) in [5, 5.41) is 6.13. The second-order valence-corrected chi connectivity index (χ2v) is 8.26. The maximum atomic E-state index is 13.6. The van der Waals surface area contributed by atoms with E-state index in [4.69, 9.17) is 11.6 Å². The Bertz CT molecular complexity index is 1310. The minimum atomic E-state index is -0.492. The third-order valence-corrected chi connectivity index (χ3v) is 5.62. The summed E-state index contributed by atoms with van der Waals surface area (Å²) in [5.74, 6) is -1.12. The number of carbonyl (C=O) groups excluding carboxylic acids is 3. The lowest BCUT2D eigenvalue weighted by Crippen LogP contribution is -2.32. The van der Waals surface area contributed by atoms with Crippen molar-refractivity contribution >= 4 is 52.0 Å². The fraction of sp³-hybridized carbons (Fsp3) is 0.115. The Balaban J connectivity index is 1.80. The minimum Gasteiger partial charge on any atom is -0.350 e. The Morgan fingerprint density at radius 2 is 1.55 bits per heavy atom. The van der Waals surface area contributed by atoms with Crippen LogP contribution in [0.4, 0.5) is 17.1 Å². The van der Waals surface area contributed by atoms with Crippen LogP contribution in [0.5, 0.6) is 0 Å². The zero-order valence-electron chi connectivity index (χ0n) is 18.4. The predicted octanol–water partition coefficient (Wildman–Crippen LogP) is 5.31. The summed E-state index contributed by atoms with van der Waals surface area (Å²) in [6, 6.07) is 19.4. The molecule has 6 nitrogen and oxygen atoms in total. The minimum absolute atomic E-state index is 0.166. The third-order valence-electron chi connectivity index (χ3n) is 5.30. The Morgan fingerprint density at radius 3 is 2.18 bits per heavy atom. The molecule has 0 spiro atoms. The number of nitrogens with zero attached hydrogens (tertiary/aromatic N) is 1. The average molecular weight is 460 g/mol. The lowest BCUT2D eigenvalue weighted by Gasteiger charge is -2.17. The van der Waals surface area contributed by atoms with Crippen molar-refractivity contribution in [1.29, 1.82) is 0 Å². The monoisotopic (exact) mass is 459 g/mol. The van der Waals surface area contributed by atoms with E-state index in [0.717, 1.165) is 16.0 Å². The van der Waals surface area contributed by atoms with E-state index in [0.29, 0.717) is 27.6 Å². The van der Waals surface area contributed by atoms with Gasteiger partial charge in [-0.3, -0.25) is 14.4 Å². The Kier molecular flexibility index (Phi) is 6.03. The van der Waals surface area contributed by atoms with Crippen LogP contribution in [-0.4, -0.2) is 17.7 Å². The number of imide groups is 1. The molecule has 1 heterocycles. The van der Waals surface area contributed by atoms with Crippen molar-refractivity contribution in [2.45, 2.75) is 20.8 Å². The zero-order valence-corrected chi connectivity index (χ0v) is 19.2. The first-order valence-electron chi connectivity index (χ1n) is 10.4. The fourth-order valence-corrected chi connectivity index (χ4v) is 4.05. The van der Waals surface area contributed by atoms with Gasteiger partial charge in [-0.15, -0.1) is 0 Å². The van der Waals surface area contributed by atoms with E-state index in [1.54, 1.807) is 48.5 Å². The van der Waals surface area contributed by atoms with Gasteiger partial charge < -0.3 is 10.6 Å². The number of rotatable bonds is 5. The number of halogens is 1. The van der Waals surface area contributed by atoms with Gasteiger partial charge in [-0.2, -0.15) is 0 Å². The molecule has 1 aliphatic rings. The first-order chi connectivity index (χ1) is 15.8. The molecule has 0 saturated carbocycles. The first kappa shape index (κ1) is 22.3. The van der Waals surface area contributed by atoms with Gasteiger partial charge in [0.2, 0.25) is 5.91 Å². The van der Waals surface area contributed by atoms with Crippen molar-refractivity contribution in [3.63, 3.8) is 0 Å². The molecule has 2 N–H and O–H groups in total. The van der Waals surface area contributed by atoms with Gasteiger partial charge in [0.15, 0.2) is 0 Å². The summed E-state index contributed by atoms with van der Waals surface area (Å²) in [5.41, 5.74) is 4.61. The van der Waals surface area contributed by atoms with Crippen LogP contribution < -0.4 is 15.5 Å². The summed E-state index contributed by atoms with van der Waals surface area (Å²) in [7, 11) is 0. The molecule has 0 aliphatic carbocycles. The highest BCUT2D eigenvalue weighted by atomic mass is 35.5. The van der Waals surface area contributed by atoms with Gasteiger partial charge in [-0.1, -0.05) is 47.5 Å². The van der Waals surface area contributed by atoms with Crippen LogP contribution in [0.25, 0.3) is 5.57 Å². The number of nitrogens with one attached hydrogen (secondary N) is 2. The number of carbonyl (C=O) groups is 3. The number of hydrogen-bond donors (Lipinski definition) is 2. The number of benzene rings is 3. The molecule has 3 amide bonds. The molecule has 0 atom stereocenters. The highest BCUT2D eigenvalue weighted by Gasteiger charge is 2.41. The van der Waals surface area contributed by atoms with Crippen molar-refractivity contribution in [3.8, 4) is 0 Å². The molecule has 0 fully saturated rings. The Hall–Kier alpha value is -3.90. The molecule has 0 unspecified atom stereocenters. The summed E-state index contributed by atoms with van der Waals surface area (Å²) in [4.78, 5) is 39.5. The average Bonchev–Trinajstić information content (AvgIpc) is 2.99. The van der Waals surface area contributed by atoms with E-state index in [-0.39, 0.29) is 17.2 Å². The van der Waals surface area contributed by atoms with Crippen molar-refractivity contribution < 1.29 is 14.4 Å². The van der Waals surface area contributed by atoms with Gasteiger partial charge in [0.05, 0.1) is 16.3 Å². The van der Waals surface area contributed by atoms with E-state index >= 15 is 0 Å². The topological polar surface area (TPSA) is 78.5 Å². The van der Waals surface area contributed by atoms with Gasteiger partial charge in [-0.05, 0) is 61.4 Å². The molecule has 3 aromatic rings. The molecule has 0 bridgehead atoms. The highest BCUT2D eigenvalue weighted by molar-refractivity contribution is 6.48. The molecular weight excluding hydrogens is 438 g/mol. The third kappa shape index (κ3) is 4.38. The molecule has 166 valence electrons. The number of para-hydroxylation sites is 1. The van der Waals surface area contributed by atoms with Gasteiger partial charge in [0, 0.05) is 18.3 Å². The maximum Gasteiger partial charge on any atom is 0.282 e. The van der Waals surface area contributed by atoms with Crippen molar-refractivity contribution in [2.75, 3.05) is 15.5 Å². The van der Waals surface area contributed by atoms with E-state index in [1.165, 1.54) is 6.92 Å². The Labute approximate surface area is 196 Å². The summed E-state index contributed by atoms with van der Waals surface area (Å²) in [6.07, 6.45) is 0. The van der Waals surface area contributed by atoms with Gasteiger partial charge >= 0.3 is 0 Å². The van der Waals surface area contributed by atoms with E-state index in [9.17, 15) is 14.4 Å². The number of amides is 3. The van der Waals surface area contributed by atoms with Crippen LogP contribution in [0.2, 0.25) is 5.02 Å². The highest BCUT2D eigenvalue weighted by Crippen LogP contribution is 2.37. The fourth-order valence-electron chi connectivity index (χ4n) is 3.83. The normalized spacial score (nSPS) is 13.5. The number of hydrogen-bond acceptors (Lipinski definition) is 4. The molecule has 0 radical (unpaired) electrons. The first-order valence-corrected chi connectivity index (χ1v) is 10.7. The number of anilines is 3. The van der Waals surface area contributed by atoms with Crippen LogP contribution >= 0.6 is 11.6 Å². The number of aryl methyl sites for hydroxylation is 2. The standard InChI is InChI=1S/C26H22ClN3O3/c1-15-8-13-20(16(2)14-15)23-24(29-19-11-9-18(10-12-19)28-17(3)31)26(33)30(25(23)32)22-7-5-4-6-21(22)27/h4-14,29H,1-3H3,(H,28,31). The predicted molar refractivity (Wildman–Crippen MR) is 131 cm³/mol. The lowest BCUT2D eigenvalue weighted by atomic mass is 9.97. The van der Waals surface area contributed by atoms with Gasteiger partial charge in [0.1, 0.15) is 5.70 Å². The molecule has 1 aliphatic heterocycles. The van der Waals surface area contributed by atoms with Crippen LogP contribution in [0.1, 0.15) is 23.6 Å². The van der Waals surface area contributed by atoms with Crippen molar-refractivity contribution in [3.05, 3.63) is 94.1 Å². The maximum absolute atomic E-state index is 13.6. The molecule has 0 aromatic heterocycles. The molecule has 4 rings (SSSR count). The van der Waals surface area contributed by atoms with E-state index < -0.39 is 11.8 Å². The van der Waals surface area contributed by atoms with Gasteiger partial charge in [-0.25, -0.2) is 4.90 Å². The summed E-state index contributed by atoms with van der Waals surface area (Å²) >= 11 is 6.33. The SMILES string of the molecule is CC(=O)Nc1ccc(NC2=C(c3ccc(C)cc3C)C(=O)N(c3ccccc3Cl)C2=O)cc1. The van der Waals surface area contributed by atoms with E-state index in [2.05, 4.69) is 10.6 Å². The molecule has 33 heavy (non-hydrogen) atoms. The Morgan fingerprint density at radius 1 is 0.879 bits per heavy atom. The molecule has 7 heteroatoms. The van der Waals surface area contributed by atoms with Crippen LogP contribution in [0.15, 0.2) is 72.4 Å². The zero-order chi connectivity index (χ0) is 23.7. The lowest BCUT2D eigenvalue weighted by molar-refractivity contribution is -0.120. The van der Waals surface area contributed by atoms with Crippen molar-refractivity contribution in [1.82, 2.24) is 0 Å². The molecule has 0 saturated heterocycles. The second kappa shape index (κ2) is 8.92. The van der Waals surface area contributed by atoms with Crippen LogP contribution in [-0.2, 0) is 14.4 Å². The largest absolute Gasteiger partial charge is 0.350 e. The van der Waals surface area contributed by atoms with E-state index in [1.807, 2.05) is 32.0 Å². The molecular formula is C26H22ClN3O3. The van der Waals surface area contributed by atoms with Crippen molar-refractivity contribution in [2.24, 2.45) is 0 Å². The second-order valence-electron chi connectivity index (χ2n) is 7.85. The van der Waals surface area contributed by atoms with Crippen LogP contribution in [0.3, 0.4) is 0 Å². The summed E-state index contributed by atoms with van der Waals surface area (Å²) < 4.78 is 0. The van der Waals surface area contributed by atoms with Crippen LogP contribution in [0, 0.1) is 13.8 Å². The summed E-state index contributed by atoms with van der Waals surface area (Å²) in [6.45, 7) is 5.31. The molecule has 3 aromatic carbocycles. The quantitative estimate of drug-likeness (QED) is 0.507. The smallest absolute Gasteiger partial charge is 0.282 e.